The molecular formula is C18H22N4O6S. The highest BCUT2D eigenvalue weighted by atomic mass is 32.2. The zero-order valence-corrected chi connectivity index (χ0v) is 16.8. The molecule has 10 nitrogen and oxygen atoms in total. The van der Waals surface area contributed by atoms with Crippen LogP contribution in [0.4, 0.5) is 4.79 Å². The molecule has 1 saturated heterocycles. The van der Waals surface area contributed by atoms with E-state index in [0.717, 1.165) is 24.0 Å². The molecule has 5 amide bonds. The highest BCUT2D eigenvalue weighted by Crippen LogP contribution is 2.35. The fraction of sp³-hybridized carbons (Fsp3) is 0.444. The first-order chi connectivity index (χ1) is 13.5. The van der Waals surface area contributed by atoms with Gasteiger partial charge in [0, 0.05) is 11.8 Å². The summed E-state index contributed by atoms with van der Waals surface area (Å²) in [7, 11) is -3.39. The standard InChI is InChI=1S/C18H22N4O6S/c1-11(22-16(25)18(19-17(22)26)9-3-4-10-18)14(23)20-21-15(24)12-5-7-13(8-6-12)29(2,27)28/h5-8,11H,3-4,9-10H2,1-2H3,(H,19,26)(H,20,23)(H,21,24). The zero-order valence-electron chi connectivity index (χ0n) is 16.0. The minimum atomic E-state index is -3.39. The highest BCUT2D eigenvalue weighted by Gasteiger charge is 2.54. The van der Waals surface area contributed by atoms with Gasteiger partial charge < -0.3 is 5.32 Å². The predicted octanol–water partition coefficient (Wildman–Crippen LogP) is 0.104. The fourth-order valence-corrected chi connectivity index (χ4v) is 4.21. The van der Waals surface area contributed by atoms with Crippen LogP contribution in [0.2, 0.25) is 0 Å². The number of imide groups is 1. The number of carbonyl (C=O) groups excluding carboxylic acids is 4. The molecule has 3 N–H and O–H groups in total. The summed E-state index contributed by atoms with van der Waals surface area (Å²) >= 11 is 0. The summed E-state index contributed by atoms with van der Waals surface area (Å²) in [6.45, 7) is 1.40. The van der Waals surface area contributed by atoms with Gasteiger partial charge in [-0.15, -0.1) is 0 Å². The highest BCUT2D eigenvalue weighted by molar-refractivity contribution is 7.90. The van der Waals surface area contributed by atoms with Crippen LogP contribution in [0.25, 0.3) is 0 Å². The van der Waals surface area contributed by atoms with Crippen molar-refractivity contribution in [1.29, 1.82) is 0 Å². The minimum absolute atomic E-state index is 0.0612. The van der Waals surface area contributed by atoms with Crippen LogP contribution < -0.4 is 16.2 Å². The van der Waals surface area contributed by atoms with Gasteiger partial charge in [0.1, 0.15) is 11.6 Å². The van der Waals surface area contributed by atoms with E-state index in [4.69, 9.17) is 0 Å². The van der Waals surface area contributed by atoms with E-state index < -0.39 is 45.2 Å². The summed E-state index contributed by atoms with van der Waals surface area (Å²) in [6.07, 6.45) is 3.80. The molecule has 1 aliphatic carbocycles. The van der Waals surface area contributed by atoms with Gasteiger partial charge >= 0.3 is 6.03 Å². The zero-order chi connectivity index (χ0) is 21.4. The fourth-order valence-electron chi connectivity index (χ4n) is 3.58. The van der Waals surface area contributed by atoms with E-state index in [1.54, 1.807) is 0 Å². The topological polar surface area (TPSA) is 142 Å². The lowest BCUT2D eigenvalue weighted by Crippen LogP contribution is -2.53. The van der Waals surface area contributed by atoms with Crippen molar-refractivity contribution in [3.63, 3.8) is 0 Å². The molecule has 29 heavy (non-hydrogen) atoms. The molecule has 1 heterocycles. The molecule has 1 aromatic carbocycles. The summed E-state index contributed by atoms with van der Waals surface area (Å²) < 4.78 is 22.9. The van der Waals surface area contributed by atoms with Crippen molar-refractivity contribution in [2.24, 2.45) is 0 Å². The molecule has 11 heteroatoms. The maximum absolute atomic E-state index is 12.7. The van der Waals surface area contributed by atoms with Crippen LogP contribution in [0, 0.1) is 0 Å². The Morgan fingerprint density at radius 1 is 1.10 bits per heavy atom. The molecule has 0 aromatic heterocycles. The van der Waals surface area contributed by atoms with E-state index in [1.807, 2.05) is 0 Å². The second kappa shape index (κ2) is 7.47. The molecule has 1 spiro atoms. The number of sulfone groups is 1. The van der Waals surface area contributed by atoms with Gasteiger partial charge in [0.25, 0.3) is 17.7 Å². The van der Waals surface area contributed by atoms with Crippen molar-refractivity contribution in [2.75, 3.05) is 6.26 Å². The summed E-state index contributed by atoms with van der Waals surface area (Å²) in [5, 5.41) is 2.69. The Morgan fingerprint density at radius 2 is 1.69 bits per heavy atom. The van der Waals surface area contributed by atoms with Gasteiger partial charge in [-0.05, 0) is 44.0 Å². The van der Waals surface area contributed by atoms with Gasteiger partial charge in [-0.3, -0.25) is 25.2 Å². The van der Waals surface area contributed by atoms with Crippen molar-refractivity contribution in [3.8, 4) is 0 Å². The molecule has 3 rings (SSSR count). The van der Waals surface area contributed by atoms with Crippen LogP contribution in [0.5, 0.6) is 0 Å². The number of hydrogen-bond donors (Lipinski definition) is 3. The van der Waals surface area contributed by atoms with Gasteiger partial charge in [0.2, 0.25) is 0 Å². The van der Waals surface area contributed by atoms with Gasteiger partial charge in [0.15, 0.2) is 9.84 Å². The van der Waals surface area contributed by atoms with E-state index in [0.29, 0.717) is 12.8 Å². The molecule has 1 aromatic rings. The first-order valence-corrected chi connectivity index (χ1v) is 11.0. The summed E-state index contributed by atoms with van der Waals surface area (Å²) in [5.41, 5.74) is 3.60. The van der Waals surface area contributed by atoms with E-state index in [9.17, 15) is 27.6 Å². The Kier molecular flexibility index (Phi) is 5.35. The quantitative estimate of drug-likeness (QED) is 0.464. The largest absolute Gasteiger partial charge is 0.325 e. The van der Waals surface area contributed by atoms with Crippen molar-refractivity contribution in [3.05, 3.63) is 29.8 Å². The molecule has 1 saturated carbocycles. The number of nitrogens with zero attached hydrogens (tertiary/aromatic N) is 1. The number of amides is 5. The Hall–Kier alpha value is -2.95. The van der Waals surface area contributed by atoms with Crippen molar-refractivity contribution < 1.29 is 27.6 Å². The van der Waals surface area contributed by atoms with Crippen LogP contribution in [-0.2, 0) is 19.4 Å². The molecule has 1 atom stereocenters. The number of rotatable bonds is 4. The third kappa shape index (κ3) is 3.95. The lowest BCUT2D eigenvalue weighted by molar-refractivity contribution is -0.138. The summed E-state index contributed by atoms with van der Waals surface area (Å²) in [5.74, 6) is -1.83. The normalized spacial score (nSPS) is 19.2. The average molecular weight is 422 g/mol. The maximum atomic E-state index is 12.7. The number of nitrogens with one attached hydrogen (secondary N) is 3. The van der Waals surface area contributed by atoms with Crippen LogP contribution in [0.3, 0.4) is 0 Å². The smallest absolute Gasteiger partial charge is 0.323 e. The summed E-state index contributed by atoms with van der Waals surface area (Å²) in [4.78, 5) is 50.4. The molecule has 1 unspecified atom stereocenters. The van der Waals surface area contributed by atoms with Gasteiger partial charge in [-0.25, -0.2) is 18.1 Å². The predicted molar refractivity (Wildman–Crippen MR) is 101 cm³/mol. The Labute approximate surface area is 167 Å². The maximum Gasteiger partial charge on any atom is 0.325 e. The molecule has 0 bridgehead atoms. The van der Waals surface area contributed by atoms with Gasteiger partial charge in [0.05, 0.1) is 4.90 Å². The first-order valence-electron chi connectivity index (χ1n) is 9.11. The molecule has 156 valence electrons. The van der Waals surface area contributed by atoms with E-state index >= 15 is 0 Å². The van der Waals surface area contributed by atoms with E-state index in [-0.39, 0.29) is 10.5 Å². The lowest BCUT2D eigenvalue weighted by atomic mass is 9.97. The van der Waals surface area contributed by atoms with Crippen LogP contribution >= 0.6 is 0 Å². The van der Waals surface area contributed by atoms with Gasteiger partial charge in [-0.1, -0.05) is 12.8 Å². The van der Waals surface area contributed by atoms with Crippen molar-refractivity contribution in [2.45, 2.75) is 49.1 Å². The monoisotopic (exact) mass is 422 g/mol. The second-order valence-corrected chi connectivity index (χ2v) is 9.33. The third-order valence-electron chi connectivity index (χ3n) is 5.26. The summed E-state index contributed by atoms with van der Waals surface area (Å²) in [6, 6.07) is 3.44. The molecular weight excluding hydrogens is 400 g/mol. The van der Waals surface area contributed by atoms with Crippen LogP contribution in [0.1, 0.15) is 43.0 Å². The SMILES string of the molecule is CC(C(=O)NNC(=O)c1ccc(S(C)(=O)=O)cc1)N1C(=O)NC2(CCCC2)C1=O. The molecule has 2 fully saturated rings. The van der Waals surface area contributed by atoms with Crippen LogP contribution in [-0.4, -0.2) is 54.9 Å². The van der Waals surface area contributed by atoms with Crippen molar-refractivity contribution in [1.82, 2.24) is 21.1 Å². The third-order valence-corrected chi connectivity index (χ3v) is 6.39. The Bertz CT molecular complexity index is 967. The Balaban J connectivity index is 1.61. The van der Waals surface area contributed by atoms with Gasteiger partial charge in [-0.2, -0.15) is 0 Å². The average Bonchev–Trinajstić information content (AvgIpc) is 3.23. The number of benzene rings is 1. The number of carbonyl (C=O) groups is 4. The number of urea groups is 1. The molecule has 1 aliphatic heterocycles. The lowest BCUT2D eigenvalue weighted by Gasteiger charge is -2.23. The second-order valence-electron chi connectivity index (χ2n) is 7.31. The first kappa shape index (κ1) is 20.8. The Morgan fingerprint density at radius 3 is 2.24 bits per heavy atom. The number of hydrogen-bond acceptors (Lipinski definition) is 6. The molecule has 0 radical (unpaired) electrons. The minimum Gasteiger partial charge on any atom is -0.323 e. The van der Waals surface area contributed by atoms with Crippen molar-refractivity contribution >= 4 is 33.6 Å². The van der Waals surface area contributed by atoms with E-state index in [1.165, 1.54) is 31.2 Å². The molecule has 2 aliphatic rings. The number of hydrazine groups is 1. The van der Waals surface area contributed by atoms with Crippen LogP contribution in [0.15, 0.2) is 29.2 Å². The van der Waals surface area contributed by atoms with E-state index in [2.05, 4.69) is 16.2 Å².